The molecule has 0 aliphatic heterocycles. The van der Waals surface area contributed by atoms with Gasteiger partial charge in [-0.15, -0.1) is 0 Å². The maximum atomic E-state index is 7.16. The largest absolute Gasteiger partial charge is 0.453 e. The predicted molar refractivity (Wildman–Crippen MR) is 53.6 cm³/mol. The molecule has 0 atom stereocenters. The summed E-state index contributed by atoms with van der Waals surface area (Å²) in [6, 6.07) is 7.73. The number of rotatable bonds is 2. The number of fused-ring (bicyclic) bond motifs is 1. The fourth-order valence-electron chi connectivity index (χ4n) is 1.42. The van der Waals surface area contributed by atoms with E-state index in [0.29, 0.717) is 5.76 Å². The molecular weight excluding hydrogens is 164 g/mol. The highest BCUT2D eigenvalue weighted by Crippen LogP contribution is 2.28. The highest BCUT2D eigenvalue weighted by atomic mass is 16.3. The molecule has 2 N–H and O–H groups in total. The minimum Gasteiger partial charge on any atom is -0.453 e. The highest BCUT2D eigenvalue weighted by molar-refractivity contribution is 5.99. The minimum atomic E-state index is 0.573. The lowest BCUT2D eigenvalue weighted by Crippen LogP contribution is -1.89. The number of nitrogens with one attached hydrogen (secondary N) is 2. The Kier molecular flexibility index (Phi) is 1.77. The van der Waals surface area contributed by atoms with E-state index in [1.807, 2.05) is 31.3 Å². The van der Waals surface area contributed by atoms with Gasteiger partial charge in [-0.2, -0.15) is 0 Å². The molecular formula is C10H10N2O. The lowest BCUT2D eigenvalue weighted by molar-refractivity contribution is 0.608. The van der Waals surface area contributed by atoms with Crippen LogP contribution in [0.4, 0.5) is 5.69 Å². The molecule has 0 fully saturated rings. The van der Waals surface area contributed by atoms with Crippen molar-refractivity contribution in [3.63, 3.8) is 0 Å². The maximum absolute atomic E-state index is 7.16. The molecule has 0 saturated carbocycles. The summed E-state index contributed by atoms with van der Waals surface area (Å²) in [6.45, 7) is 0. The van der Waals surface area contributed by atoms with Gasteiger partial charge in [0, 0.05) is 12.4 Å². The van der Waals surface area contributed by atoms with Crippen LogP contribution in [0.15, 0.2) is 28.7 Å². The minimum absolute atomic E-state index is 0.573. The van der Waals surface area contributed by atoms with E-state index >= 15 is 0 Å². The molecule has 0 amide bonds. The van der Waals surface area contributed by atoms with E-state index in [1.54, 1.807) is 0 Å². The Hall–Kier alpha value is -1.77. The third kappa shape index (κ3) is 1.09. The summed E-state index contributed by atoms with van der Waals surface area (Å²) in [5, 5.41) is 11.2. The Morgan fingerprint density at radius 1 is 1.38 bits per heavy atom. The van der Waals surface area contributed by atoms with E-state index in [0.717, 1.165) is 16.7 Å². The van der Waals surface area contributed by atoms with Crippen molar-refractivity contribution in [2.24, 2.45) is 0 Å². The van der Waals surface area contributed by atoms with Gasteiger partial charge in [0.2, 0.25) is 0 Å². The second-order valence-electron chi connectivity index (χ2n) is 2.73. The number of benzene rings is 1. The molecule has 1 aromatic heterocycles. The molecule has 1 aromatic carbocycles. The maximum Gasteiger partial charge on any atom is 0.168 e. The smallest absolute Gasteiger partial charge is 0.168 e. The van der Waals surface area contributed by atoms with Crippen molar-refractivity contribution in [3.8, 4) is 0 Å². The normalized spacial score (nSPS) is 10.2. The third-order valence-corrected chi connectivity index (χ3v) is 2.00. The van der Waals surface area contributed by atoms with Crippen LogP contribution in [0.2, 0.25) is 0 Å². The van der Waals surface area contributed by atoms with E-state index in [4.69, 9.17) is 9.83 Å². The quantitative estimate of drug-likeness (QED) is 0.687. The van der Waals surface area contributed by atoms with Crippen molar-refractivity contribution in [2.75, 3.05) is 12.4 Å². The van der Waals surface area contributed by atoms with Gasteiger partial charge in [0.1, 0.15) is 5.58 Å². The van der Waals surface area contributed by atoms with Crippen LogP contribution < -0.4 is 5.32 Å². The molecule has 2 aromatic rings. The Morgan fingerprint density at radius 3 is 2.85 bits per heavy atom. The third-order valence-electron chi connectivity index (χ3n) is 2.00. The van der Waals surface area contributed by atoms with E-state index in [9.17, 15) is 0 Å². The van der Waals surface area contributed by atoms with Crippen LogP contribution in [0.25, 0.3) is 11.0 Å². The Balaban J connectivity index is 2.81. The lowest BCUT2D eigenvalue weighted by Gasteiger charge is -1.95. The van der Waals surface area contributed by atoms with Crippen molar-refractivity contribution in [1.29, 1.82) is 5.41 Å². The molecule has 0 spiro atoms. The van der Waals surface area contributed by atoms with Crippen LogP contribution in [-0.4, -0.2) is 13.3 Å². The molecule has 0 unspecified atom stereocenters. The van der Waals surface area contributed by atoms with Crippen molar-refractivity contribution in [2.45, 2.75) is 0 Å². The molecule has 13 heavy (non-hydrogen) atoms. The number of hydrogen-bond donors (Lipinski definition) is 2. The van der Waals surface area contributed by atoms with E-state index in [-0.39, 0.29) is 0 Å². The van der Waals surface area contributed by atoms with Crippen LogP contribution in [0, 0.1) is 5.41 Å². The number of anilines is 1. The first-order chi connectivity index (χ1) is 6.36. The van der Waals surface area contributed by atoms with Gasteiger partial charge in [0.15, 0.2) is 5.76 Å². The van der Waals surface area contributed by atoms with Gasteiger partial charge in [-0.3, -0.25) is 0 Å². The zero-order valence-electron chi connectivity index (χ0n) is 7.29. The Labute approximate surface area is 75.9 Å². The zero-order chi connectivity index (χ0) is 9.26. The average molecular weight is 174 g/mol. The summed E-state index contributed by atoms with van der Waals surface area (Å²) in [5.74, 6) is 0.573. The lowest BCUT2D eigenvalue weighted by atomic mass is 10.2. The van der Waals surface area contributed by atoms with Gasteiger partial charge in [0.25, 0.3) is 0 Å². The molecule has 3 heteroatoms. The van der Waals surface area contributed by atoms with Crippen LogP contribution in [-0.2, 0) is 0 Å². The number of furan rings is 1. The fraction of sp³-hybridized carbons (Fsp3) is 0.100. The van der Waals surface area contributed by atoms with E-state index in [2.05, 4.69) is 5.32 Å². The van der Waals surface area contributed by atoms with Gasteiger partial charge in [-0.25, -0.2) is 0 Å². The average Bonchev–Trinajstić information content (AvgIpc) is 2.55. The SMILES string of the molecule is CNc1c(C=N)oc2ccccc12. The molecule has 66 valence electrons. The number of hydrogen-bond acceptors (Lipinski definition) is 3. The van der Waals surface area contributed by atoms with Gasteiger partial charge in [0.05, 0.1) is 11.9 Å². The molecule has 0 aliphatic rings. The van der Waals surface area contributed by atoms with Crippen molar-refractivity contribution < 1.29 is 4.42 Å². The number of para-hydroxylation sites is 1. The first-order valence-electron chi connectivity index (χ1n) is 4.06. The topological polar surface area (TPSA) is 49.0 Å². The second-order valence-corrected chi connectivity index (χ2v) is 2.73. The zero-order valence-corrected chi connectivity index (χ0v) is 7.29. The van der Waals surface area contributed by atoms with Crippen LogP contribution >= 0.6 is 0 Å². The highest BCUT2D eigenvalue weighted by Gasteiger charge is 2.09. The van der Waals surface area contributed by atoms with Crippen LogP contribution in [0.3, 0.4) is 0 Å². The molecule has 1 heterocycles. The first-order valence-corrected chi connectivity index (χ1v) is 4.06. The van der Waals surface area contributed by atoms with Crippen LogP contribution in [0.5, 0.6) is 0 Å². The summed E-state index contributed by atoms with van der Waals surface area (Å²) in [5.41, 5.74) is 1.69. The summed E-state index contributed by atoms with van der Waals surface area (Å²) in [7, 11) is 1.82. The summed E-state index contributed by atoms with van der Waals surface area (Å²) in [6.07, 6.45) is 1.21. The van der Waals surface area contributed by atoms with Crippen molar-refractivity contribution >= 4 is 22.9 Å². The monoisotopic (exact) mass is 174 g/mol. The van der Waals surface area contributed by atoms with Crippen molar-refractivity contribution in [3.05, 3.63) is 30.0 Å². The second kappa shape index (κ2) is 2.94. The molecule has 3 nitrogen and oxygen atoms in total. The summed E-state index contributed by atoms with van der Waals surface area (Å²) in [4.78, 5) is 0. The fourth-order valence-corrected chi connectivity index (χ4v) is 1.42. The van der Waals surface area contributed by atoms with Crippen molar-refractivity contribution in [1.82, 2.24) is 0 Å². The Bertz CT molecular complexity index is 445. The molecule has 2 rings (SSSR count). The van der Waals surface area contributed by atoms with E-state index in [1.165, 1.54) is 6.21 Å². The first kappa shape index (κ1) is 7.86. The van der Waals surface area contributed by atoms with Gasteiger partial charge in [-0.05, 0) is 12.1 Å². The van der Waals surface area contributed by atoms with Gasteiger partial charge >= 0.3 is 0 Å². The van der Waals surface area contributed by atoms with E-state index < -0.39 is 0 Å². The molecule has 0 bridgehead atoms. The van der Waals surface area contributed by atoms with Gasteiger partial charge in [-0.1, -0.05) is 12.1 Å². The molecule has 0 saturated heterocycles. The van der Waals surface area contributed by atoms with Crippen LogP contribution in [0.1, 0.15) is 5.76 Å². The molecule has 0 radical (unpaired) electrons. The summed E-state index contributed by atoms with van der Waals surface area (Å²) >= 11 is 0. The standard InChI is InChI=1S/C10H10N2O/c1-12-10-7-4-2-3-5-8(7)13-9(10)6-11/h2-6,11-12H,1H3. The van der Waals surface area contributed by atoms with Gasteiger partial charge < -0.3 is 15.1 Å². The predicted octanol–water partition coefficient (Wildman–Crippen LogP) is 2.47. The summed E-state index contributed by atoms with van der Waals surface area (Å²) < 4.78 is 5.43. The molecule has 0 aliphatic carbocycles. The Morgan fingerprint density at radius 2 is 2.15 bits per heavy atom.